The van der Waals surface area contributed by atoms with Crippen molar-refractivity contribution in [1.29, 1.82) is 0 Å². The number of hydrogen-bond acceptors (Lipinski definition) is 2. The van der Waals surface area contributed by atoms with E-state index in [1.54, 1.807) is 7.11 Å². The Labute approximate surface area is 168 Å². The van der Waals surface area contributed by atoms with Gasteiger partial charge >= 0.3 is 0 Å². The molecule has 0 atom stereocenters. The normalized spacial score (nSPS) is 12.2. The molecule has 1 N–H and O–H groups in total. The van der Waals surface area contributed by atoms with Crippen molar-refractivity contribution in [3.8, 4) is 5.75 Å². The van der Waals surface area contributed by atoms with Crippen LogP contribution in [0.5, 0.6) is 5.75 Å². The van der Waals surface area contributed by atoms with Crippen LogP contribution in [-0.4, -0.2) is 12.2 Å². The summed E-state index contributed by atoms with van der Waals surface area (Å²) in [4.78, 5) is 0. The zero-order valence-electron chi connectivity index (χ0n) is 17.5. The molecule has 0 unspecified atom stereocenters. The average Bonchev–Trinajstić information content (AvgIpc) is 2.70. The second-order valence-corrected chi connectivity index (χ2v) is 8.45. The van der Waals surface area contributed by atoms with Gasteiger partial charge in [0.05, 0.1) is 6.61 Å². The van der Waals surface area contributed by atoms with Gasteiger partial charge in [-0.2, -0.15) is 0 Å². The zero-order valence-corrected chi connectivity index (χ0v) is 17.5. The summed E-state index contributed by atoms with van der Waals surface area (Å²) in [7, 11) is 1.66. The van der Waals surface area contributed by atoms with E-state index in [2.05, 4.69) is 76.2 Å². The van der Waals surface area contributed by atoms with Crippen LogP contribution < -0.4 is 0 Å². The summed E-state index contributed by atoms with van der Waals surface area (Å²) in [5.74, 6) is 0.323. The third-order valence-electron chi connectivity index (χ3n) is 5.87. The summed E-state index contributed by atoms with van der Waals surface area (Å²) < 4.78 is 5.40. The Morgan fingerprint density at radius 1 is 0.714 bits per heavy atom. The first-order chi connectivity index (χ1) is 13.3. The van der Waals surface area contributed by atoms with Gasteiger partial charge in [0.2, 0.25) is 0 Å². The topological polar surface area (TPSA) is 29.5 Å². The Morgan fingerprint density at radius 3 is 1.71 bits per heavy atom. The van der Waals surface area contributed by atoms with E-state index in [4.69, 9.17) is 4.74 Å². The fourth-order valence-electron chi connectivity index (χ4n) is 3.83. The van der Waals surface area contributed by atoms with Gasteiger partial charge in [-0.1, -0.05) is 94.4 Å². The minimum Gasteiger partial charge on any atom is -0.507 e. The van der Waals surface area contributed by atoms with E-state index in [-0.39, 0.29) is 10.8 Å². The van der Waals surface area contributed by atoms with Crippen molar-refractivity contribution in [3.05, 3.63) is 101 Å². The Morgan fingerprint density at radius 2 is 1.21 bits per heavy atom. The van der Waals surface area contributed by atoms with E-state index >= 15 is 0 Å². The molecule has 0 amide bonds. The first kappa shape index (κ1) is 20.2. The maximum Gasteiger partial charge on any atom is 0.125 e. The van der Waals surface area contributed by atoms with Crippen molar-refractivity contribution in [2.75, 3.05) is 7.11 Å². The lowest BCUT2D eigenvalue weighted by atomic mass is 9.72. The van der Waals surface area contributed by atoms with Crippen LogP contribution in [0.1, 0.15) is 55.5 Å². The van der Waals surface area contributed by atoms with Crippen molar-refractivity contribution in [1.82, 2.24) is 0 Å². The Kier molecular flexibility index (Phi) is 5.62. The van der Waals surface area contributed by atoms with E-state index in [9.17, 15) is 5.11 Å². The maximum atomic E-state index is 11.1. The lowest BCUT2D eigenvalue weighted by Gasteiger charge is -2.32. The van der Waals surface area contributed by atoms with Crippen molar-refractivity contribution < 1.29 is 9.84 Å². The average molecular weight is 375 g/mol. The molecule has 28 heavy (non-hydrogen) atoms. The Hall–Kier alpha value is -2.58. The number of rotatable bonds is 6. The van der Waals surface area contributed by atoms with Gasteiger partial charge in [0, 0.05) is 29.1 Å². The number of methoxy groups -OCH3 is 1. The van der Waals surface area contributed by atoms with Crippen LogP contribution in [0.4, 0.5) is 0 Å². The lowest BCUT2D eigenvalue weighted by molar-refractivity contribution is 0.181. The number of hydrogen-bond donors (Lipinski definition) is 1. The third kappa shape index (κ3) is 3.70. The molecule has 0 saturated heterocycles. The highest BCUT2D eigenvalue weighted by atomic mass is 16.5. The molecule has 146 valence electrons. The van der Waals surface area contributed by atoms with Gasteiger partial charge < -0.3 is 9.84 Å². The van der Waals surface area contributed by atoms with Gasteiger partial charge in [-0.15, -0.1) is 0 Å². The molecular weight excluding hydrogens is 344 g/mol. The van der Waals surface area contributed by atoms with Crippen LogP contribution in [-0.2, 0) is 22.2 Å². The standard InChI is InChI=1S/C26H30O2/c1-25(2,20-12-8-6-9-13-20)22-16-19(18-28-5)24(27)23(17-22)26(3,4)21-14-10-7-11-15-21/h6-17,27H,18H2,1-5H3. The summed E-state index contributed by atoms with van der Waals surface area (Å²) in [5.41, 5.74) is 4.80. The number of phenols is 1. The molecule has 0 heterocycles. The van der Waals surface area contributed by atoms with E-state index in [0.717, 1.165) is 11.1 Å². The van der Waals surface area contributed by atoms with Crippen LogP contribution in [0.15, 0.2) is 72.8 Å². The predicted octanol–water partition coefficient (Wildman–Crippen LogP) is 6.19. The highest BCUT2D eigenvalue weighted by molar-refractivity contribution is 5.54. The van der Waals surface area contributed by atoms with Gasteiger partial charge in [-0.05, 0) is 22.8 Å². The summed E-state index contributed by atoms with van der Waals surface area (Å²) in [6, 6.07) is 25.1. The highest BCUT2D eigenvalue weighted by Crippen LogP contribution is 2.42. The van der Waals surface area contributed by atoms with Gasteiger partial charge in [-0.3, -0.25) is 0 Å². The van der Waals surface area contributed by atoms with Gasteiger partial charge in [0.15, 0.2) is 0 Å². The second kappa shape index (κ2) is 7.81. The zero-order chi connectivity index (χ0) is 20.4. The van der Waals surface area contributed by atoms with Crippen molar-refractivity contribution in [3.63, 3.8) is 0 Å². The summed E-state index contributed by atoms with van der Waals surface area (Å²) >= 11 is 0. The molecule has 0 aliphatic rings. The maximum absolute atomic E-state index is 11.1. The fourth-order valence-corrected chi connectivity index (χ4v) is 3.83. The third-order valence-corrected chi connectivity index (χ3v) is 5.87. The molecule has 0 saturated carbocycles. The molecule has 0 aromatic heterocycles. The molecule has 0 bridgehead atoms. The smallest absolute Gasteiger partial charge is 0.125 e. The molecule has 0 aliphatic carbocycles. The molecule has 0 radical (unpaired) electrons. The van der Waals surface area contributed by atoms with Crippen LogP contribution >= 0.6 is 0 Å². The molecule has 2 heteroatoms. The first-order valence-corrected chi connectivity index (χ1v) is 9.75. The molecule has 0 fully saturated rings. The Bertz CT molecular complexity index is 925. The van der Waals surface area contributed by atoms with Crippen molar-refractivity contribution in [2.24, 2.45) is 0 Å². The molecule has 0 aliphatic heterocycles. The highest BCUT2D eigenvalue weighted by Gasteiger charge is 2.31. The number of benzene rings is 3. The quantitative estimate of drug-likeness (QED) is 0.557. The molecule has 0 spiro atoms. The van der Waals surface area contributed by atoms with Crippen molar-refractivity contribution >= 4 is 0 Å². The fraction of sp³-hybridized carbons (Fsp3) is 0.308. The molecule has 2 nitrogen and oxygen atoms in total. The first-order valence-electron chi connectivity index (χ1n) is 9.75. The molecule has 3 rings (SSSR count). The van der Waals surface area contributed by atoms with Crippen molar-refractivity contribution in [2.45, 2.75) is 45.1 Å². The predicted molar refractivity (Wildman–Crippen MR) is 116 cm³/mol. The van der Waals surface area contributed by atoms with E-state index in [0.29, 0.717) is 12.4 Å². The molecule has 3 aromatic carbocycles. The van der Waals surface area contributed by atoms with Crippen LogP contribution in [0.2, 0.25) is 0 Å². The van der Waals surface area contributed by atoms with E-state index in [1.165, 1.54) is 16.7 Å². The minimum atomic E-state index is -0.337. The van der Waals surface area contributed by atoms with Crippen LogP contribution in [0.3, 0.4) is 0 Å². The minimum absolute atomic E-state index is 0.195. The van der Waals surface area contributed by atoms with Gasteiger partial charge in [-0.25, -0.2) is 0 Å². The largest absolute Gasteiger partial charge is 0.507 e. The number of ether oxygens (including phenoxy) is 1. The lowest BCUT2D eigenvalue weighted by Crippen LogP contribution is -2.24. The number of aromatic hydroxyl groups is 1. The van der Waals surface area contributed by atoms with Crippen LogP contribution in [0.25, 0.3) is 0 Å². The second-order valence-electron chi connectivity index (χ2n) is 8.45. The Balaban J connectivity index is 2.21. The van der Waals surface area contributed by atoms with E-state index < -0.39 is 0 Å². The molecule has 3 aromatic rings. The monoisotopic (exact) mass is 374 g/mol. The van der Waals surface area contributed by atoms with Gasteiger partial charge in [0.25, 0.3) is 0 Å². The van der Waals surface area contributed by atoms with Gasteiger partial charge in [0.1, 0.15) is 5.75 Å². The molecular formula is C26H30O2. The number of phenolic OH excluding ortho intramolecular Hbond substituents is 1. The van der Waals surface area contributed by atoms with E-state index in [1.807, 2.05) is 24.3 Å². The summed E-state index contributed by atoms with van der Waals surface area (Å²) in [6.07, 6.45) is 0. The summed E-state index contributed by atoms with van der Waals surface area (Å²) in [6.45, 7) is 9.15. The summed E-state index contributed by atoms with van der Waals surface area (Å²) in [5, 5.41) is 11.1. The van der Waals surface area contributed by atoms with Crippen LogP contribution in [0, 0.1) is 0 Å². The SMILES string of the molecule is COCc1cc(C(C)(C)c2ccccc2)cc(C(C)(C)c2ccccc2)c1O.